The van der Waals surface area contributed by atoms with Crippen LogP contribution in [0.3, 0.4) is 0 Å². The van der Waals surface area contributed by atoms with Crippen LogP contribution in [0.5, 0.6) is 0 Å². The molecule has 1 aromatic carbocycles. The molecular formula is C15H20ClN3S. The summed E-state index contributed by atoms with van der Waals surface area (Å²) in [4.78, 5) is 5.65. The molecule has 1 atom stereocenters. The van der Waals surface area contributed by atoms with Crippen molar-refractivity contribution in [3.8, 4) is 0 Å². The predicted molar refractivity (Wildman–Crippen MR) is 86.4 cm³/mol. The van der Waals surface area contributed by atoms with E-state index >= 15 is 0 Å². The van der Waals surface area contributed by atoms with Crippen molar-refractivity contribution in [1.82, 2.24) is 14.9 Å². The number of halogens is 1. The zero-order chi connectivity index (χ0) is 14.4. The first-order valence-corrected chi connectivity index (χ1v) is 8.16. The van der Waals surface area contributed by atoms with Crippen molar-refractivity contribution in [2.24, 2.45) is 7.05 Å². The molecule has 108 valence electrons. The molecular weight excluding hydrogens is 290 g/mol. The standard InChI is InChI=1S/C15H20ClN3S/c1-3-7-17-14(15-18-8-9-19(15)2)11-20-13-6-4-5-12(16)10-13/h4-6,8-10,14,17H,3,7,11H2,1-2H3. The summed E-state index contributed by atoms with van der Waals surface area (Å²) in [7, 11) is 2.03. The molecule has 0 saturated heterocycles. The average Bonchev–Trinajstić information content (AvgIpc) is 2.85. The molecule has 0 aliphatic heterocycles. The van der Waals surface area contributed by atoms with E-state index in [4.69, 9.17) is 11.6 Å². The van der Waals surface area contributed by atoms with Crippen molar-refractivity contribution in [2.75, 3.05) is 12.3 Å². The van der Waals surface area contributed by atoms with Crippen molar-refractivity contribution in [2.45, 2.75) is 24.3 Å². The molecule has 0 fully saturated rings. The third-order valence-electron chi connectivity index (χ3n) is 3.02. The van der Waals surface area contributed by atoms with Crippen molar-refractivity contribution >= 4 is 23.4 Å². The van der Waals surface area contributed by atoms with Gasteiger partial charge in [0.2, 0.25) is 0 Å². The summed E-state index contributed by atoms with van der Waals surface area (Å²) < 4.78 is 2.08. The molecule has 2 rings (SSSR count). The van der Waals surface area contributed by atoms with Crippen LogP contribution in [-0.2, 0) is 7.05 Å². The maximum absolute atomic E-state index is 6.02. The molecule has 0 amide bonds. The molecule has 2 aromatic rings. The fourth-order valence-electron chi connectivity index (χ4n) is 1.99. The van der Waals surface area contributed by atoms with Gasteiger partial charge in [-0.25, -0.2) is 4.98 Å². The highest BCUT2D eigenvalue weighted by Crippen LogP contribution is 2.26. The lowest BCUT2D eigenvalue weighted by molar-refractivity contribution is 0.535. The summed E-state index contributed by atoms with van der Waals surface area (Å²) >= 11 is 7.82. The minimum atomic E-state index is 0.249. The number of nitrogens with one attached hydrogen (secondary N) is 1. The Hall–Kier alpha value is -0.970. The lowest BCUT2D eigenvalue weighted by Gasteiger charge is -2.18. The molecule has 3 nitrogen and oxygen atoms in total. The second-order valence-electron chi connectivity index (χ2n) is 4.67. The minimum absolute atomic E-state index is 0.249. The topological polar surface area (TPSA) is 29.9 Å². The highest BCUT2D eigenvalue weighted by atomic mass is 35.5. The van der Waals surface area contributed by atoms with Gasteiger partial charge >= 0.3 is 0 Å². The lowest BCUT2D eigenvalue weighted by atomic mass is 10.3. The van der Waals surface area contributed by atoms with E-state index in [1.807, 2.05) is 37.6 Å². The molecule has 0 radical (unpaired) electrons. The van der Waals surface area contributed by atoms with E-state index in [2.05, 4.69) is 27.9 Å². The van der Waals surface area contributed by atoms with E-state index in [1.165, 1.54) is 4.90 Å². The van der Waals surface area contributed by atoms with Gasteiger partial charge in [-0.05, 0) is 31.2 Å². The smallest absolute Gasteiger partial charge is 0.126 e. The monoisotopic (exact) mass is 309 g/mol. The number of thioether (sulfide) groups is 1. The van der Waals surface area contributed by atoms with E-state index in [0.717, 1.165) is 29.6 Å². The van der Waals surface area contributed by atoms with Gasteiger partial charge < -0.3 is 9.88 Å². The van der Waals surface area contributed by atoms with Gasteiger partial charge in [0.25, 0.3) is 0 Å². The van der Waals surface area contributed by atoms with E-state index in [-0.39, 0.29) is 6.04 Å². The lowest BCUT2D eigenvalue weighted by Crippen LogP contribution is -2.26. The van der Waals surface area contributed by atoms with Crippen LogP contribution in [0.4, 0.5) is 0 Å². The first-order valence-electron chi connectivity index (χ1n) is 6.79. The highest BCUT2D eigenvalue weighted by Gasteiger charge is 2.15. The number of hydrogen-bond acceptors (Lipinski definition) is 3. The number of rotatable bonds is 7. The van der Waals surface area contributed by atoms with E-state index < -0.39 is 0 Å². The summed E-state index contributed by atoms with van der Waals surface area (Å²) in [5.41, 5.74) is 0. The second kappa shape index (κ2) is 7.72. The maximum Gasteiger partial charge on any atom is 0.126 e. The number of benzene rings is 1. The molecule has 1 unspecified atom stereocenters. The van der Waals surface area contributed by atoms with Gasteiger partial charge in [-0.2, -0.15) is 0 Å². The van der Waals surface area contributed by atoms with Crippen molar-refractivity contribution < 1.29 is 0 Å². The Kier molecular flexibility index (Phi) is 5.95. The molecule has 5 heteroatoms. The third-order valence-corrected chi connectivity index (χ3v) is 4.35. The van der Waals surface area contributed by atoms with Gasteiger partial charge in [-0.1, -0.05) is 24.6 Å². The first-order chi connectivity index (χ1) is 9.70. The summed E-state index contributed by atoms with van der Waals surface area (Å²) in [5, 5.41) is 4.34. The zero-order valence-electron chi connectivity index (χ0n) is 11.8. The Labute approximate surface area is 129 Å². The first kappa shape index (κ1) is 15.4. The van der Waals surface area contributed by atoms with Crippen LogP contribution in [0, 0.1) is 0 Å². The summed E-state index contributed by atoms with van der Waals surface area (Å²) in [6.45, 7) is 3.17. The Bertz CT molecular complexity index is 541. The minimum Gasteiger partial charge on any atom is -0.337 e. The quantitative estimate of drug-likeness (QED) is 0.787. The molecule has 0 bridgehead atoms. The third kappa shape index (κ3) is 4.27. The zero-order valence-corrected chi connectivity index (χ0v) is 13.4. The number of aromatic nitrogens is 2. The largest absolute Gasteiger partial charge is 0.337 e. The fraction of sp³-hybridized carbons (Fsp3) is 0.400. The normalized spacial score (nSPS) is 12.6. The average molecular weight is 310 g/mol. The molecule has 0 saturated carbocycles. The van der Waals surface area contributed by atoms with Crippen LogP contribution in [0.2, 0.25) is 5.02 Å². The highest BCUT2D eigenvalue weighted by molar-refractivity contribution is 7.99. The molecule has 20 heavy (non-hydrogen) atoms. The summed E-state index contributed by atoms with van der Waals surface area (Å²) in [6.07, 6.45) is 4.95. The second-order valence-corrected chi connectivity index (χ2v) is 6.20. The van der Waals surface area contributed by atoms with Crippen molar-refractivity contribution in [3.05, 3.63) is 47.5 Å². The van der Waals surface area contributed by atoms with Gasteiger partial charge in [0.05, 0.1) is 6.04 Å². The van der Waals surface area contributed by atoms with Gasteiger partial charge in [0.1, 0.15) is 5.82 Å². The van der Waals surface area contributed by atoms with Gasteiger partial charge in [-0.3, -0.25) is 0 Å². The van der Waals surface area contributed by atoms with E-state index in [9.17, 15) is 0 Å². The SMILES string of the molecule is CCCNC(CSc1cccc(Cl)c1)c1nccn1C. The maximum atomic E-state index is 6.02. The molecule has 0 aliphatic rings. The van der Waals surface area contributed by atoms with Crippen molar-refractivity contribution in [1.29, 1.82) is 0 Å². The molecule has 0 aliphatic carbocycles. The predicted octanol–water partition coefficient (Wildman–Crippen LogP) is 3.91. The number of hydrogen-bond donors (Lipinski definition) is 1. The van der Waals surface area contributed by atoms with Gasteiger partial charge in [0, 0.05) is 35.1 Å². The number of imidazole rings is 1. The molecule has 1 N–H and O–H groups in total. The summed E-state index contributed by atoms with van der Waals surface area (Å²) in [6, 6.07) is 8.23. The van der Waals surface area contributed by atoms with Crippen LogP contribution in [0.1, 0.15) is 25.2 Å². The van der Waals surface area contributed by atoms with Crippen LogP contribution in [0.25, 0.3) is 0 Å². The summed E-state index contributed by atoms with van der Waals surface area (Å²) in [5.74, 6) is 2.01. The number of aryl methyl sites for hydroxylation is 1. The Balaban J connectivity index is 2.03. The van der Waals surface area contributed by atoms with Crippen LogP contribution >= 0.6 is 23.4 Å². The van der Waals surface area contributed by atoms with Gasteiger partial charge in [0.15, 0.2) is 0 Å². The fourth-order valence-corrected chi connectivity index (χ4v) is 3.26. The van der Waals surface area contributed by atoms with Crippen molar-refractivity contribution in [3.63, 3.8) is 0 Å². The Morgan fingerprint density at radius 3 is 2.95 bits per heavy atom. The number of nitrogens with zero attached hydrogens (tertiary/aromatic N) is 2. The molecule has 0 spiro atoms. The Morgan fingerprint density at radius 1 is 1.45 bits per heavy atom. The van der Waals surface area contributed by atoms with E-state index in [0.29, 0.717) is 0 Å². The van der Waals surface area contributed by atoms with Crippen LogP contribution < -0.4 is 5.32 Å². The Morgan fingerprint density at radius 2 is 2.30 bits per heavy atom. The van der Waals surface area contributed by atoms with E-state index in [1.54, 1.807) is 11.8 Å². The molecule has 1 aromatic heterocycles. The van der Waals surface area contributed by atoms with Crippen LogP contribution in [0.15, 0.2) is 41.6 Å². The van der Waals surface area contributed by atoms with Gasteiger partial charge in [-0.15, -0.1) is 11.8 Å². The molecule has 1 heterocycles. The van der Waals surface area contributed by atoms with Crippen LogP contribution in [-0.4, -0.2) is 21.8 Å².